The molecule has 3 aromatic rings. The van der Waals surface area contributed by atoms with Crippen molar-refractivity contribution in [3.05, 3.63) is 94.3 Å². The first-order chi connectivity index (χ1) is 16.2. The molecule has 178 valence electrons. The molecule has 2 aromatic carbocycles. The topological polar surface area (TPSA) is 45.6 Å². The Morgan fingerprint density at radius 3 is 2.41 bits per heavy atom. The van der Waals surface area contributed by atoms with E-state index in [1.165, 1.54) is 18.3 Å². The average molecular weight is 485 g/mol. The number of fused-ring (bicyclic) bond motifs is 3. The first-order valence-electron chi connectivity index (χ1n) is 11.4. The summed E-state index contributed by atoms with van der Waals surface area (Å²) < 4.78 is 33.5. The molecule has 2 aliphatic rings. The monoisotopic (exact) mass is 484 g/mol. The number of rotatable bonds is 5. The third-order valence-corrected chi connectivity index (χ3v) is 7.72. The quantitative estimate of drug-likeness (QED) is 0.500. The second kappa shape index (κ2) is 8.29. The summed E-state index contributed by atoms with van der Waals surface area (Å²) in [6, 6.07) is 17.8. The highest BCUT2D eigenvalue weighted by Crippen LogP contribution is 2.70. The van der Waals surface area contributed by atoms with Gasteiger partial charge in [-0.05, 0) is 37.1 Å². The molecule has 5 rings (SSSR count). The van der Waals surface area contributed by atoms with Crippen molar-refractivity contribution in [3.8, 4) is 5.75 Å². The molecular formula is C27H27ClF2N2O2. The number of nitrogens with zero attached hydrogens (tertiary/aromatic N) is 2. The molecular weight excluding hydrogens is 458 g/mol. The van der Waals surface area contributed by atoms with E-state index in [4.69, 9.17) is 16.3 Å². The van der Waals surface area contributed by atoms with Gasteiger partial charge in [0.2, 0.25) is 0 Å². The van der Waals surface area contributed by atoms with Gasteiger partial charge in [0.25, 0.3) is 6.43 Å². The summed E-state index contributed by atoms with van der Waals surface area (Å²) in [5.41, 5.74) is -0.767. The molecule has 1 saturated carbocycles. The maximum absolute atomic E-state index is 13.4. The van der Waals surface area contributed by atoms with Crippen molar-refractivity contribution in [3.63, 3.8) is 0 Å². The van der Waals surface area contributed by atoms with Gasteiger partial charge in [-0.25, -0.2) is 8.78 Å². The predicted octanol–water partition coefficient (Wildman–Crippen LogP) is 5.76. The lowest BCUT2D eigenvalue weighted by atomic mass is 9.71. The van der Waals surface area contributed by atoms with Crippen LogP contribution in [0.1, 0.15) is 41.7 Å². The normalized spacial score (nSPS) is 29.9. The van der Waals surface area contributed by atoms with Crippen molar-refractivity contribution < 1.29 is 18.6 Å². The molecule has 2 heterocycles. The molecule has 1 fully saturated rings. The van der Waals surface area contributed by atoms with E-state index in [1.54, 1.807) is 18.2 Å². The van der Waals surface area contributed by atoms with Crippen LogP contribution in [-0.2, 0) is 11.2 Å². The number of halogens is 3. The summed E-state index contributed by atoms with van der Waals surface area (Å²) in [4.78, 5) is 6.64. The highest BCUT2D eigenvalue weighted by Gasteiger charge is 2.75. The number of aromatic nitrogens is 1. The Balaban J connectivity index is 1.81. The molecule has 0 radical (unpaired) electrons. The minimum atomic E-state index is -2.58. The smallest absolute Gasteiger partial charge is 0.263 e. The molecule has 1 aromatic heterocycles. The molecule has 1 aliphatic heterocycles. The van der Waals surface area contributed by atoms with Crippen LogP contribution in [0.5, 0.6) is 5.75 Å². The molecule has 1 N–H and O–H groups in total. The number of ether oxygens (including phenoxy) is 1. The van der Waals surface area contributed by atoms with Gasteiger partial charge >= 0.3 is 0 Å². The zero-order valence-corrected chi connectivity index (χ0v) is 20.0. The van der Waals surface area contributed by atoms with Gasteiger partial charge in [-0.15, -0.1) is 0 Å². The van der Waals surface area contributed by atoms with E-state index in [9.17, 15) is 13.9 Å². The molecule has 5 atom stereocenters. The van der Waals surface area contributed by atoms with Gasteiger partial charge in [-0.1, -0.05) is 73.1 Å². The summed E-state index contributed by atoms with van der Waals surface area (Å²) in [5, 5.41) is 13.0. The van der Waals surface area contributed by atoms with Crippen LogP contribution in [0.25, 0.3) is 0 Å². The van der Waals surface area contributed by atoms with Crippen LogP contribution in [0.2, 0.25) is 5.02 Å². The van der Waals surface area contributed by atoms with Gasteiger partial charge in [-0.2, -0.15) is 0 Å². The molecule has 0 amide bonds. The van der Waals surface area contributed by atoms with Crippen LogP contribution in [0.4, 0.5) is 8.78 Å². The molecule has 34 heavy (non-hydrogen) atoms. The number of alkyl halides is 2. The summed E-state index contributed by atoms with van der Waals surface area (Å²) >= 11 is 6.25. The Morgan fingerprint density at radius 2 is 1.79 bits per heavy atom. The molecule has 0 saturated heterocycles. The van der Waals surface area contributed by atoms with Crippen LogP contribution >= 0.6 is 11.6 Å². The Bertz CT molecular complexity index is 1190. The van der Waals surface area contributed by atoms with Crippen LogP contribution < -0.4 is 4.74 Å². The molecule has 0 spiro atoms. The maximum Gasteiger partial charge on any atom is 0.263 e. The number of aliphatic hydroxyl groups is 1. The molecule has 0 unspecified atom stereocenters. The van der Waals surface area contributed by atoms with Crippen molar-refractivity contribution >= 4 is 11.6 Å². The van der Waals surface area contributed by atoms with Crippen molar-refractivity contribution in [2.45, 2.75) is 30.5 Å². The third kappa shape index (κ3) is 3.19. The second-order valence-corrected chi connectivity index (χ2v) is 10.1. The van der Waals surface area contributed by atoms with E-state index < -0.39 is 17.6 Å². The standard InChI is InChI=1S/C27H27ClF2N2O2/c1-16-21(15-32(2)3)23(17-7-5-4-6-8-17)27(19-11-9-18(10-12-19)25(29)30)26(16,33)24-22(34-27)13-20(28)14-31-24/h4-14,16,21,23,25,33H,15H2,1-3H3/t16-,21+,23-,26-,27+/m1/s1. The van der Waals surface area contributed by atoms with Crippen molar-refractivity contribution in [1.82, 2.24) is 9.88 Å². The first kappa shape index (κ1) is 23.2. The van der Waals surface area contributed by atoms with Gasteiger partial charge in [-0.3, -0.25) is 4.98 Å². The van der Waals surface area contributed by atoms with Crippen LogP contribution in [-0.4, -0.2) is 35.6 Å². The lowest BCUT2D eigenvalue weighted by Gasteiger charge is -2.41. The zero-order chi connectivity index (χ0) is 24.3. The summed E-state index contributed by atoms with van der Waals surface area (Å²) in [5.74, 6) is -0.127. The number of hydrogen-bond donors (Lipinski definition) is 1. The molecule has 7 heteroatoms. The highest BCUT2D eigenvalue weighted by molar-refractivity contribution is 6.30. The van der Waals surface area contributed by atoms with E-state index in [0.717, 1.165) is 5.56 Å². The minimum Gasteiger partial charge on any atom is -0.476 e. The SMILES string of the molecule is C[C@@H]1[C@H](CN(C)C)[C@@H](c2ccccc2)[C@]2(c3ccc(C(F)F)cc3)Oc3cc(Cl)cnc3[C@]12O. The minimum absolute atomic E-state index is 0.0113. The van der Waals surface area contributed by atoms with E-state index in [2.05, 4.69) is 9.88 Å². The average Bonchev–Trinajstić information content (AvgIpc) is 3.17. The van der Waals surface area contributed by atoms with Crippen LogP contribution in [0, 0.1) is 11.8 Å². The van der Waals surface area contributed by atoms with E-state index >= 15 is 0 Å². The molecule has 0 bridgehead atoms. The summed E-state index contributed by atoms with van der Waals surface area (Å²) in [7, 11) is 4.01. The highest BCUT2D eigenvalue weighted by atomic mass is 35.5. The zero-order valence-electron chi connectivity index (χ0n) is 19.3. The first-order valence-corrected chi connectivity index (χ1v) is 11.7. The molecule has 1 aliphatic carbocycles. The largest absolute Gasteiger partial charge is 0.476 e. The maximum atomic E-state index is 13.4. The van der Waals surface area contributed by atoms with Gasteiger partial charge in [0.15, 0.2) is 11.2 Å². The fraction of sp³-hybridized carbons (Fsp3) is 0.370. The number of pyridine rings is 1. The number of benzene rings is 2. The number of hydrogen-bond acceptors (Lipinski definition) is 4. The molecule has 4 nitrogen and oxygen atoms in total. The predicted molar refractivity (Wildman–Crippen MR) is 127 cm³/mol. The third-order valence-electron chi connectivity index (χ3n) is 7.51. The Labute approximate surface area is 203 Å². The van der Waals surface area contributed by atoms with E-state index in [0.29, 0.717) is 28.6 Å². The fourth-order valence-corrected chi connectivity index (χ4v) is 6.28. The Hall–Kier alpha value is -2.54. The van der Waals surface area contributed by atoms with Crippen molar-refractivity contribution in [2.24, 2.45) is 11.8 Å². The Morgan fingerprint density at radius 1 is 1.12 bits per heavy atom. The van der Waals surface area contributed by atoms with Gasteiger partial charge in [0.1, 0.15) is 11.4 Å². The summed E-state index contributed by atoms with van der Waals surface area (Å²) in [6.45, 7) is 2.72. The van der Waals surface area contributed by atoms with Gasteiger partial charge in [0.05, 0.1) is 5.02 Å². The lowest BCUT2D eigenvalue weighted by Crippen LogP contribution is -2.50. The van der Waals surface area contributed by atoms with Crippen molar-refractivity contribution in [1.29, 1.82) is 0 Å². The fourth-order valence-electron chi connectivity index (χ4n) is 6.13. The lowest BCUT2D eigenvalue weighted by molar-refractivity contribution is -0.126. The van der Waals surface area contributed by atoms with Crippen LogP contribution in [0.15, 0.2) is 66.9 Å². The van der Waals surface area contributed by atoms with E-state index in [-0.39, 0.29) is 23.3 Å². The summed E-state index contributed by atoms with van der Waals surface area (Å²) in [6.07, 6.45) is -1.07. The van der Waals surface area contributed by atoms with Gasteiger partial charge < -0.3 is 14.7 Å². The van der Waals surface area contributed by atoms with Gasteiger partial charge in [0, 0.05) is 30.3 Å². The van der Waals surface area contributed by atoms with Crippen molar-refractivity contribution in [2.75, 3.05) is 20.6 Å². The second-order valence-electron chi connectivity index (χ2n) is 9.63. The Kier molecular flexibility index (Phi) is 5.66. The van der Waals surface area contributed by atoms with Crippen LogP contribution in [0.3, 0.4) is 0 Å². The van der Waals surface area contributed by atoms with E-state index in [1.807, 2.05) is 51.4 Å².